The molecule has 0 aromatic heterocycles. The molecule has 32 heavy (non-hydrogen) atoms. The summed E-state index contributed by atoms with van der Waals surface area (Å²) in [4.78, 5) is 13.3. The van der Waals surface area contributed by atoms with Gasteiger partial charge in [-0.25, -0.2) is 17.2 Å². The molecule has 1 fully saturated rings. The lowest BCUT2D eigenvalue weighted by Gasteiger charge is -2.34. The Morgan fingerprint density at radius 3 is 2.44 bits per heavy atom. The fourth-order valence-corrected chi connectivity index (χ4v) is 4.82. The van der Waals surface area contributed by atoms with Crippen LogP contribution >= 0.6 is 0 Å². The molecular formula is C22H24F2N2O5S. The van der Waals surface area contributed by atoms with E-state index in [-0.39, 0.29) is 38.7 Å². The summed E-state index contributed by atoms with van der Waals surface area (Å²) in [5.74, 6) is -1.28. The average Bonchev–Trinajstić information content (AvgIpc) is 2.79. The number of piperazine rings is 1. The summed E-state index contributed by atoms with van der Waals surface area (Å²) in [6, 6.07) is 7.61. The van der Waals surface area contributed by atoms with E-state index in [4.69, 9.17) is 9.47 Å². The number of rotatable bonds is 7. The summed E-state index contributed by atoms with van der Waals surface area (Å²) < 4.78 is 64.7. The molecule has 0 radical (unpaired) electrons. The third kappa shape index (κ3) is 5.25. The topological polar surface area (TPSA) is 76.2 Å². The first-order chi connectivity index (χ1) is 15.3. The minimum atomic E-state index is -4.21. The highest BCUT2D eigenvalue weighted by Crippen LogP contribution is 2.29. The van der Waals surface area contributed by atoms with Gasteiger partial charge >= 0.3 is 0 Å². The van der Waals surface area contributed by atoms with Crippen LogP contribution in [-0.4, -0.2) is 63.4 Å². The Morgan fingerprint density at radius 1 is 1.06 bits per heavy atom. The number of carbonyl (C=O) groups is 1. The number of carbonyl (C=O) groups excluding carboxylic acids is 1. The number of nitrogens with zero attached hydrogens (tertiary/aromatic N) is 2. The van der Waals surface area contributed by atoms with E-state index < -0.39 is 26.6 Å². The Hall–Kier alpha value is -2.98. The highest BCUT2D eigenvalue weighted by atomic mass is 32.2. The highest BCUT2D eigenvalue weighted by Gasteiger charge is 2.32. The normalized spacial score (nSPS) is 15.2. The van der Waals surface area contributed by atoms with Gasteiger partial charge in [0.2, 0.25) is 10.0 Å². The minimum absolute atomic E-state index is 0.0363. The standard InChI is InChI=1S/C22H24F2N2O5S/c1-3-4-16-5-8-19(20(13-16)30-2)31-15-22(27)25-9-11-26(12-10-25)32(28,29)21-14-17(23)6-7-18(21)24/h3-8,13-14H,9-12,15H2,1-2H3/b4-3+. The lowest BCUT2D eigenvalue weighted by Crippen LogP contribution is -2.51. The van der Waals surface area contributed by atoms with Crippen LogP contribution in [0.2, 0.25) is 0 Å². The van der Waals surface area contributed by atoms with Crippen molar-refractivity contribution in [1.82, 2.24) is 9.21 Å². The molecular weight excluding hydrogens is 442 g/mol. The molecule has 1 saturated heterocycles. The summed E-state index contributed by atoms with van der Waals surface area (Å²) in [5, 5.41) is 0. The second-order valence-corrected chi connectivity index (χ2v) is 8.96. The van der Waals surface area contributed by atoms with Crippen molar-refractivity contribution < 1.29 is 31.5 Å². The molecule has 1 aliphatic heterocycles. The van der Waals surface area contributed by atoms with E-state index in [9.17, 15) is 22.0 Å². The predicted molar refractivity (Wildman–Crippen MR) is 115 cm³/mol. The minimum Gasteiger partial charge on any atom is -0.493 e. The molecule has 3 rings (SSSR count). The number of allylic oxidation sites excluding steroid dienone is 1. The van der Waals surface area contributed by atoms with Crippen molar-refractivity contribution in [2.45, 2.75) is 11.8 Å². The maximum Gasteiger partial charge on any atom is 0.260 e. The van der Waals surface area contributed by atoms with E-state index in [1.165, 1.54) is 12.0 Å². The van der Waals surface area contributed by atoms with Gasteiger partial charge in [-0.15, -0.1) is 0 Å². The van der Waals surface area contributed by atoms with Crippen LogP contribution < -0.4 is 9.47 Å². The number of sulfonamides is 1. The van der Waals surface area contributed by atoms with Gasteiger partial charge in [0.15, 0.2) is 18.1 Å². The number of halogens is 2. The summed E-state index contributed by atoms with van der Waals surface area (Å²) >= 11 is 0. The Labute approximate surface area is 185 Å². The Balaban J connectivity index is 1.60. The van der Waals surface area contributed by atoms with Gasteiger partial charge < -0.3 is 14.4 Å². The number of hydrogen-bond acceptors (Lipinski definition) is 5. The van der Waals surface area contributed by atoms with E-state index in [2.05, 4.69) is 0 Å². The summed E-state index contributed by atoms with van der Waals surface area (Å²) in [6.07, 6.45) is 3.79. The van der Waals surface area contributed by atoms with E-state index >= 15 is 0 Å². The summed E-state index contributed by atoms with van der Waals surface area (Å²) in [6.45, 7) is 1.79. The van der Waals surface area contributed by atoms with Gasteiger partial charge in [-0.1, -0.05) is 18.2 Å². The van der Waals surface area contributed by atoms with Gasteiger partial charge in [-0.2, -0.15) is 4.31 Å². The van der Waals surface area contributed by atoms with Gasteiger partial charge in [0.25, 0.3) is 5.91 Å². The molecule has 10 heteroatoms. The van der Waals surface area contributed by atoms with Crippen LogP contribution in [0.15, 0.2) is 47.4 Å². The molecule has 172 valence electrons. The predicted octanol–water partition coefficient (Wildman–Crippen LogP) is 2.92. The van der Waals surface area contributed by atoms with E-state index in [1.54, 1.807) is 12.1 Å². The van der Waals surface area contributed by atoms with Crippen LogP contribution in [0, 0.1) is 11.6 Å². The van der Waals surface area contributed by atoms with Gasteiger partial charge in [-0.3, -0.25) is 4.79 Å². The molecule has 0 bridgehead atoms. The molecule has 1 aliphatic rings. The quantitative estimate of drug-likeness (QED) is 0.627. The van der Waals surface area contributed by atoms with E-state index in [0.717, 1.165) is 22.0 Å². The molecule has 2 aromatic carbocycles. The highest BCUT2D eigenvalue weighted by molar-refractivity contribution is 7.89. The Kier molecular flexibility index (Phi) is 7.47. The molecule has 0 unspecified atom stereocenters. The van der Waals surface area contributed by atoms with Crippen LogP contribution in [0.1, 0.15) is 12.5 Å². The number of methoxy groups -OCH3 is 1. The molecule has 0 atom stereocenters. The van der Waals surface area contributed by atoms with E-state index in [1.807, 2.05) is 25.1 Å². The molecule has 0 aliphatic carbocycles. The van der Waals surface area contributed by atoms with Crippen molar-refractivity contribution in [2.75, 3.05) is 39.9 Å². The lowest BCUT2D eigenvalue weighted by atomic mass is 10.2. The third-order valence-corrected chi connectivity index (χ3v) is 6.91. The largest absolute Gasteiger partial charge is 0.493 e. The van der Waals surface area contributed by atoms with Crippen molar-refractivity contribution in [1.29, 1.82) is 0 Å². The lowest BCUT2D eigenvalue weighted by molar-refractivity contribution is -0.134. The van der Waals surface area contributed by atoms with Crippen molar-refractivity contribution in [2.24, 2.45) is 0 Å². The fourth-order valence-electron chi connectivity index (χ4n) is 3.32. The van der Waals surface area contributed by atoms with Crippen molar-refractivity contribution in [3.8, 4) is 11.5 Å². The van der Waals surface area contributed by atoms with Crippen LogP contribution in [0.5, 0.6) is 11.5 Å². The molecule has 0 saturated carbocycles. The second-order valence-electron chi connectivity index (χ2n) is 7.06. The van der Waals surface area contributed by atoms with Crippen LogP contribution in [0.25, 0.3) is 6.08 Å². The zero-order chi connectivity index (χ0) is 23.3. The Bertz CT molecular complexity index is 1110. The maximum absolute atomic E-state index is 13.9. The third-order valence-electron chi connectivity index (χ3n) is 5.00. The van der Waals surface area contributed by atoms with Crippen molar-refractivity contribution in [3.63, 3.8) is 0 Å². The summed E-state index contributed by atoms with van der Waals surface area (Å²) in [7, 11) is -2.71. The monoisotopic (exact) mass is 466 g/mol. The number of ether oxygens (including phenoxy) is 2. The second kappa shape index (κ2) is 10.1. The first-order valence-electron chi connectivity index (χ1n) is 9.92. The molecule has 1 heterocycles. The van der Waals surface area contributed by atoms with Crippen molar-refractivity contribution >= 4 is 22.0 Å². The average molecular weight is 467 g/mol. The number of hydrogen-bond donors (Lipinski definition) is 0. The van der Waals surface area contributed by atoms with Crippen molar-refractivity contribution in [3.05, 3.63) is 59.7 Å². The molecule has 2 aromatic rings. The van der Waals surface area contributed by atoms with Gasteiger partial charge in [0.1, 0.15) is 16.5 Å². The molecule has 1 amide bonds. The van der Waals surface area contributed by atoms with Crippen LogP contribution in [0.3, 0.4) is 0 Å². The van der Waals surface area contributed by atoms with Gasteiger partial charge in [0, 0.05) is 26.2 Å². The smallest absolute Gasteiger partial charge is 0.260 e. The van der Waals surface area contributed by atoms with Gasteiger partial charge in [-0.05, 0) is 42.8 Å². The fraction of sp³-hybridized carbons (Fsp3) is 0.318. The first kappa shape index (κ1) is 23.7. The Morgan fingerprint density at radius 2 is 1.78 bits per heavy atom. The maximum atomic E-state index is 13.9. The van der Waals surface area contributed by atoms with Crippen LogP contribution in [0.4, 0.5) is 8.78 Å². The van der Waals surface area contributed by atoms with E-state index in [0.29, 0.717) is 17.6 Å². The first-order valence-corrected chi connectivity index (χ1v) is 11.4. The molecule has 7 nitrogen and oxygen atoms in total. The summed E-state index contributed by atoms with van der Waals surface area (Å²) in [5.41, 5.74) is 0.926. The number of amides is 1. The molecule has 0 N–H and O–H groups in total. The van der Waals surface area contributed by atoms with Crippen LogP contribution in [-0.2, 0) is 14.8 Å². The zero-order valence-electron chi connectivity index (χ0n) is 17.8. The zero-order valence-corrected chi connectivity index (χ0v) is 18.6. The number of benzene rings is 2. The SMILES string of the molecule is C/C=C/c1ccc(OCC(=O)N2CCN(S(=O)(=O)c3cc(F)ccc3F)CC2)c(OC)c1. The molecule has 0 spiro atoms. The van der Waals surface area contributed by atoms with Gasteiger partial charge in [0.05, 0.1) is 7.11 Å².